The molecule has 29 heavy (non-hydrogen) atoms. The van der Waals surface area contributed by atoms with E-state index in [0.29, 0.717) is 16.5 Å². The first-order chi connectivity index (χ1) is 13.9. The number of rotatable bonds is 8. The van der Waals surface area contributed by atoms with E-state index >= 15 is 0 Å². The molecule has 0 atom stereocenters. The maximum Gasteiger partial charge on any atom is 0.264 e. The molecule has 3 aromatic rings. The molecule has 7 nitrogen and oxygen atoms in total. The van der Waals surface area contributed by atoms with Gasteiger partial charge in [0.2, 0.25) is 11.9 Å². The average molecular weight is 449 g/mol. The van der Waals surface area contributed by atoms with E-state index in [1.165, 1.54) is 48.4 Å². The van der Waals surface area contributed by atoms with Crippen molar-refractivity contribution in [1.82, 2.24) is 9.97 Å². The van der Waals surface area contributed by atoms with Crippen LogP contribution in [0.25, 0.3) is 0 Å². The monoisotopic (exact) mass is 448 g/mol. The summed E-state index contributed by atoms with van der Waals surface area (Å²) in [6, 6.07) is 14.9. The number of hydrogen-bond acceptors (Lipinski definition) is 6. The Balaban J connectivity index is 1.51. The maximum atomic E-state index is 12.3. The molecule has 2 N–H and O–H groups in total. The molecule has 150 valence electrons. The number of carbonyl (C=O) groups excluding carboxylic acids is 1. The number of hydrogen-bond donors (Lipinski definition) is 2. The van der Waals surface area contributed by atoms with Gasteiger partial charge in [0.05, 0.1) is 10.6 Å². The minimum Gasteiger partial charge on any atom is -0.325 e. The standard InChI is InChI=1S/C19H17ClN4O3S2/c20-15-4-2-14(3-5-15)12-28-13-18(25)23-16-6-8-17(9-7-16)29(26,27)24-19-21-10-1-11-22-19/h1-11H,12-13H2,(H,23,25)(H,21,22,24). The molecule has 0 aliphatic carbocycles. The lowest BCUT2D eigenvalue weighted by Gasteiger charge is -2.08. The van der Waals surface area contributed by atoms with Crippen LogP contribution < -0.4 is 10.0 Å². The summed E-state index contributed by atoms with van der Waals surface area (Å²) in [5.41, 5.74) is 1.59. The van der Waals surface area contributed by atoms with Crippen LogP contribution in [0.4, 0.5) is 11.6 Å². The minimum absolute atomic E-state index is 0.0115. The van der Waals surface area contributed by atoms with Crippen LogP contribution in [0, 0.1) is 0 Å². The normalized spacial score (nSPS) is 11.1. The lowest BCUT2D eigenvalue weighted by atomic mass is 10.2. The van der Waals surface area contributed by atoms with Gasteiger partial charge in [-0.15, -0.1) is 11.8 Å². The van der Waals surface area contributed by atoms with Crippen molar-refractivity contribution < 1.29 is 13.2 Å². The summed E-state index contributed by atoms with van der Waals surface area (Å²) in [5.74, 6) is 0.780. The van der Waals surface area contributed by atoms with E-state index in [1.54, 1.807) is 6.07 Å². The number of thioether (sulfide) groups is 1. The van der Waals surface area contributed by atoms with Gasteiger partial charge < -0.3 is 5.32 Å². The minimum atomic E-state index is -3.81. The first kappa shape index (κ1) is 21.1. The van der Waals surface area contributed by atoms with Gasteiger partial charge in [0, 0.05) is 28.9 Å². The Kier molecular flexibility index (Phi) is 7.08. The molecule has 1 aromatic heterocycles. The zero-order valence-electron chi connectivity index (χ0n) is 15.1. The van der Waals surface area contributed by atoms with E-state index in [9.17, 15) is 13.2 Å². The van der Waals surface area contributed by atoms with Gasteiger partial charge in [-0.05, 0) is 48.0 Å². The third-order valence-electron chi connectivity index (χ3n) is 3.65. The molecule has 1 amide bonds. The molecule has 0 saturated carbocycles. The van der Waals surface area contributed by atoms with E-state index in [0.717, 1.165) is 5.56 Å². The Morgan fingerprint density at radius 3 is 2.31 bits per heavy atom. The summed E-state index contributed by atoms with van der Waals surface area (Å²) in [6.07, 6.45) is 2.88. The SMILES string of the molecule is O=C(CSCc1ccc(Cl)cc1)Nc1ccc(S(=O)(=O)Nc2ncccn2)cc1. The van der Waals surface area contributed by atoms with Crippen LogP contribution in [0.15, 0.2) is 71.9 Å². The maximum absolute atomic E-state index is 12.3. The Bertz CT molecular complexity index is 1060. The van der Waals surface area contributed by atoms with E-state index < -0.39 is 10.0 Å². The zero-order chi connectivity index (χ0) is 20.7. The van der Waals surface area contributed by atoms with Crippen LogP contribution in [-0.2, 0) is 20.6 Å². The van der Waals surface area contributed by atoms with Gasteiger partial charge in [-0.3, -0.25) is 4.79 Å². The van der Waals surface area contributed by atoms with Crippen LogP contribution in [-0.4, -0.2) is 30.0 Å². The molecular weight excluding hydrogens is 432 g/mol. The van der Waals surface area contributed by atoms with Crippen molar-refractivity contribution in [2.75, 3.05) is 15.8 Å². The average Bonchev–Trinajstić information content (AvgIpc) is 2.70. The van der Waals surface area contributed by atoms with Gasteiger partial charge in [-0.25, -0.2) is 23.1 Å². The van der Waals surface area contributed by atoms with Crippen LogP contribution in [0.3, 0.4) is 0 Å². The van der Waals surface area contributed by atoms with Crippen molar-refractivity contribution in [3.05, 3.63) is 77.6 Å². The highest BCUT2D eigenvalue weighted by Gasteiger charge is 2.15. The summed E-state index contributed by atoms with van der Waals surface area (Å²) < 4.78 is 27.0. The number of sulfonamides is 1. The highest BCUT2D eigenvalue weighted by molar-refractivity contribution is 7.99. The zero-order valence-corrected chi connectivity index (χ0v) is 17.5. The quantitative estimate of drug-likeness (QED) is 0.543. The number of benzene rings is 2. The van der Waals surface area contributed by atoms with Crippen LogP contribution in [0.1, 0.15) is 5.56 Å². The van der Waals surface area contributed by atoms with E-state index in [1.807, 2.05) is 24.3 Å². The number of carbonyl (C=O) groups is 1. The number of halogens is 1. The third-order valence-corrected chi connectivity index (χ3v) is 6.25. The van der Waals surface area contributed by atoms with Gasteiger partial charge in [0.15, 0.2) is 0 Å². The summed E-state index contributed by atoms with van der Waals surface area (Å²) in [7, 11) is -3.81. The molecule has 0 unspecified atom stereocenters. The molecule has 0 aliphatic rings. The number of aromatic nitrogens is 2. The van der Waals surface area contributed by atoms with Gasteiger partial charge in [-0.1, -0.05) is 23.7 Å². The molecule has 0 radical (unpaired) electrons. The smallest absolute Gasteiger partial charge is 0.264 e. The van der Waals surface area contributed by atoms with Crippen molar-refractivity contribution in [3.63, 3.8) is 0 Å². The van der Waals surface area contributed by atoms with Crippen molar-refractivity contribution in [3.8, 4) is 0 Å². The highest BCUT2D eigenvalue weighted by atomic mass is 35.5. The molecule has 1 heterocycles. The lowest BCUT2D eigenvalue weighted by molar-refractivity contribution is -0.113. The van der Waals surface area contributed by atoms with E-state index in [4.69, 9.17) is 11.6 Å². The van der Waals surface area contributed by atoms with Crippen LogP contribution >= 0.6 is 23.4 Å². The summed E-state index contributed by atoms with van der Waals surface area (Å²) in [6.45, 7) is 0. The number of nitrogens with one attached hydrogen (secondary N) is 2. The predicted octanol–water partition coefficient (Wildman–Crippen LogP) is 3.80. The van der Waals surface area contributed by atoms with Crippen LogP contribution in [0.5, 0.6) is 0 Å². The molecule has 2 aromatic carbocycles. The van der Waals surface area contributed by atoms with Crippen molar-refractivity contribution in [1.29, 1.82) is 0 Å². The van der Waals surface area contributed by atoms with E-state index in [-0.39, 0.29) is 22.5 Å². The Morgan fingerprint density at radius 2 is 1.66 bits per heavy atom. The second-order valence-corrected chi connectivity index (χ2v) is 8.97. The largest absolute Gasteiger partial charge is 0.325 e. The topological polar surface area (TPSA) is 101 Å². The van der Waals surface area contributed by atoms with Crippen molar-refractivity contribution in [2.24, 2.45) is 0 Å². The second-order valence-electron chi connectivity index (χ2n) is 5.87. The molecule has 0 spiro atoms. The van der Waals surface area contributed by atoms with Crippen molar-refractivity contribution in [2.45, 2.75) is 10.6 Å². The summed E-state index contributed by atoms with van der Waals surface area (Å²) >= 11 is 7.32. The van der Waals surface area contributed by atoms with Crippen LogP contribution in [0.2, 0.25) is 5.02 Å². The fraction of sp³-hybridized carbons (Fsp3) is 0.105. The molecule has 10 heteroatoms. The first-order valence-electron chi connectivity index (χ1n) is 8.44. The van der Waals surface area contributed by atoms with Gasteiger partial charge >= 0.3 is 0 Å². The molecule has 0 fully saturated rings. The Labute approximate surface area is 178 Å². The summed E-state index contributed by atoms with van der Waals surface area (Å²) in [5, 5.41) is 3.42. The first-order valence-corrected chi connectivity index (χ1v) is 11.5. The van der Waals surface area contributed by atoms with Gasteiger partial charge in [0.25, 0.3) is 10.0 Å². The summed E-state index contributed by atoms with van der Waals surface area (Å²) in [4.78, 5) is 19.8. The lowest BCUT2D eigenvalue weighted by Crippen LogP contribution is -2.16. The molecule has 0 bridgehead atoms. The number of anilines is 2. The second kappa shape index (κ2) is 9.73. The Morgan fingerprint density at radius 1 is 1.00 bits per heavy atom. The number of nitrogens with zero attached hydrogens (tertiary/aromatic N) is 2. The highest BCUT2D eigenvalue weighted by Crippen LogP contribution is 2.18. The van der Waals surface area contributed by atoms with Gasteiger partial charge in [0.1, 0.15) is 0 Å². The fourth-order valence-electron chi connectivity index (χ4n) is 2.29. The predicted molar refractivity (Wildman–Crippen MR) is 116 cm³/mol. The van der Waals surface area contributed by atoms with Gasteiger partial charge in [-0.2, -0.15) is 0 Å². The van der Waals surface area contributed by atoms with E-state index in [2.05, 4.69) is 20.0 Å². The molecule has 0 saturated heterocycles. The molecular formula is C19H17ClN4O3S2. The third kappa shape index (κ3) is 6.45. The molecule has 0 aliphatic heterocycles. The Hall–Kier alpha value is -2.62. The fourth-order valence-corrected chi connectivity index (χ4v) is 4.16. The number of amides is 1. The molecule has 3 rings (SSSR count). The van der Waals surface area contributed by atoms with Crippen molar-refractivity contribution >= 4 is 50.9 Å².